The van der Waals surface area contributed by atoms with E-state index in [2.05, 4.69) is 43.3 Å². The van der Waals surface area contributed by atoms with Crippen molar-refractivity contribution in [1.29, 1.82) is 0 Å². The molecule has 2 aromatic rings. The van der Waals surface area contributed by atoms with Crippen LogP contribution < -0.4 is 0 Å². The lowest BCUT2D eigenvalue weighted by molar-refractivity contribution is -0.142. The van der Waals surface area contributed by atoms with Crippen LogP contribution in [-0.2, 0) is 16.0 Å². The third kappa shape index (κ3) is 3.92. The SMILES string of the molecule is Cc1ccc(S[C@H]2C[C@@H](CCc3ccccc3)C(=O)O2)cc1. The van der Waals surface area contributed by atoms with Crippen molar-refractivity contribution in [2.75, 3.05) is 0 Å². The van der Waals surface area contributed by atoms with E-state index in [1.807, 2.05) is 18.2 Å². The molecule has 0 aliphatic carbocycles. The van der Waals surface area contributed by atoms with Gasteiger partial charge in [0.2, 0.25) is 0 Å². The molecular weight excluding hydrogens is 292 g/mol. The number of carbonyl (C=O) groups is 1. The highest BCUT2D eigenvalue weighted by molar-refractivity contribution is 7.99. The minimum absolute atomic E-state index is 0.0307. The highest BCUT2D eigenvalue weighted by Crippen LogP contribution is 2.35. The first-order valence-electron chi connectivity index (χ1n) is 7.68. The summed E-state index contributed by atoms with van der Waals surface area (Å²) in [6.45, 7) is 2.07. The van der Waals surface area contributed by atoms with Gasteiger partial charge in [-0.15, -0.1) is 0 Å². The summed E-state index contributed by atoms with van der Waals surface area (Å²) in [6, 6.07) is 18.7. The van der Waals surface area contributed by atoms with Crippen LogP contribution in [0.3, 0.4) is 0 Å². The van der Waals surface area contributed by atoms with Gasteiger partial charge >= 0.3 is 5.97 Å². The van der Waals surface area contributed by atoms with Crippen LogP contribution in [-0.4, -0.2) is 11.4 Å². The van der Waals surface area contributed by atoms with Crippen molar-refractivity contribution in [1.82, 2.24) is 0 Å². The zero-order valence-corrected chi connectivity index (χ0v) is 13.5. The van der Waals surface area contributed by atoms with Gasteiger partial charge in [-0.1, -0.05) is 59.8 Å². The third-order valence-electron chi connectivity index (χ3n) is 3.97. The number of cyclic esters (lactones) is 1. The van der Waals surface area contributed by atoms with Crippen LogP contribution in [0.1, 0.15) is 24.0 Å². The van der Waals surface area contributed by atoms with Crippen molar-refractivity contribution in [3.05, 3.63) is 65.7 Å². The molecule has 0 aromatic heterocycles. The molecule has 1 aliphatic rings. The Bertz CT molecular complexity index is 622. The number of hydrogen-bond acceptors (Lipinski definition) is 3. The molecular formula is C19H20O2S. The van der Waals surface area contributed by atoms with E-state index in [-0.39, 0.29) is 17.3 Å². The van der Waals surface area contributed by atoms with Gasteiger partial charge in [0.1, 0.15) is 0 Å². The Morgan fingerprint density at radius 2 is 1.82 bits per heavy atom. The van der Waals surface area contributed by atoms with Crippen molar-refractivity contribution in [2.24, 2.45) is 5.92 Å². The molecule has 3 rings (SSSR count). The van der Waals surface area contributed by atoms with Crippen molar-refractivity contribution < 1.29 is 9.53 Å². The van der Waals surface area contributed by atoms with Gasteiger partial charge in [0, 0.05) is 11.3 Å². The zero-order chi connectivity index (χ0) is 15.4. The standard InChI is InChI=1S/C19H20O2S/c1-14-7-11-17(12-8-14)22-18-13-16(19(20)21-18)10-9-15-5-3-2-4-6-15/h2-8,11-12,16,18H,9-10,13H2,1H3/t16-,18+/m1/s1. The van der Waals surface area contributed by atoms with Crippen LogP contribution in [0.5, 0.6) is 0 Å². The van der Waals surface area contributed by atoms with E-state index in [4.69, 9.17) is 4.74 Å². The first kappa shape index (κ1) is 15.2. The minimum Gasteiger partial charge on any atom is -0.451 e. The molecule has 114 valence electrons. The average Bonchev–Trinajstić information content (AvgIpc) is 2.88. The molecule has 2 atom stereocenters. The Morgan fingerprint density at radius 1 is 1.09 bits per heavy atom. The van der Waals surface area contributed by atoms with Crippen LogP contribution >= 0.6 is 11.8 Å². The number of ether oxygens (including phenoxy) is 1. The number of rotatable bonds is 5. The molecule has 1 heterocycles. The summed E-state index contributed by atoms with van der Waals surface area (Å²) in [5.74, 6) is -0.0105. The molecule has 3 heteroatoms. The molecule has 0 unspecified atom stereocenters. The fourth-order valence-electron chi connectivity index (χ4n) is 2.66. The van der Waals surface area contributed by atoms with E-state index in [0.717, 1.165) is 24.2 Å². The number of benzene rings is 2. The number of esters is 1. The van der Waals surface area contributed by atoms with Gasteiger partial charge in [-0.2, -0.15) is 0 Å². The highest BCUT2D eigenvalue weighted by Gasteiger charge is 2.34. The van der Waals surface area contributed by atoms with E-state index in [1.165, 1.54) is 11.1 Å². The van der Waals surface area contributed by atoms with Gasteiger partial charge in [0.15, 0.2) is 5.44 Å². The highest BCUT2D eigenvalue weighted by atomic mass is 32.2. The van der Waals surface area contributed by atoms with E-state index >= 15 is 0 Å². The summed E-state index contributed by atoms with van der Waals surface area (Å²) in [5, 5.41) is 0. The second-order valence-electron chi connectivity index (χ2n) is 5.75. The molecule has 0 N–H and O–H groups in total. The summed E-state index contributed by atoms with van der Waals surface area (Å²) in [7, 11) is 0. The lowest BCUT2D eigenvalue weighted by Gasteiger charge is -2.08. The van der Waals surface area contributed by atoms with Crippen LogP contribution in [0, 0.1) is 12.8 Å². The Hall–Kier alpha value is -1.74. The maximum absolute atomic E-state index is 12.0. The molecule has 22 heavy (non-hydrogen) atoms. The molecule has 2 nitrogen and oxygen atoms in total. The van der Waals surface area contributed by atoms with Crippen molar-refractivity contribution >= 4 is 17.7 Å². The monoisotopic (exact) mass is 312 g/mol. The second kappa shape index (κ2) is 7.01. The molecule has 1 aliphatic heterocycles. The van der Waals surface area contributed by atoms with Crippen LogP contribution in [0.15, 0.2) is 59.5 Å². The lowest BCUT2D eigenvalue weighted by Crippen LogP contribution is -2.08. The Balaban J connectivity index is 1.53. The van der Waals surface area contributed by atoms with Crippen LogP contribution in [0.4, 0.5) is 0 Å². The predicted octanol–water partition coefficient (Wildman–Crippen LogP) is 4.61. The number of hydrogen-bond donors (Lipinski definition) is 0. The molecule has 0 amide bonds. The first-order chi connectivity index (χ1) is 10.7. The summed E-state index contributed by atoms with van der Waals surface area (Å²) >= 11 is 1.65. The minimum atomic E-state index is -0.0454. The Morgan fingerprint density at radius 3 is 2.55 bits per heavy atom. The number of carbonyl (C=O) groups excluding carboxylic acids is 1. The molecule has 0 spiro atoms. The van der Waals surface area contributed by atoms with Gasteiger partial charge in [-0.25, -0.2) is 0 Å². The fraction of sp³-hybridized carbons (Fsp3) is 0.316. The van der Waals surface area contributed by atoms with Crippen LogP contribution in [0.25, 0.3) is 0 Å². The topological polar surface area (TPSA) is 26.3 Å². The van der Waals surface area contributed by atoms with E-state index in [0.29, 0.717) is 0 Å². The van der Waals surface area contributed by atoms with E-state index in [1.54, 1.807) is 11.8 Å². The molecule has 1 saturated heterocycles. The van der Waals surface area contributed by atoms with Crippen molar-refractivity contribution in [3.8, 4) is 0 Å². The second-order valence-corrected chi connectivity index (χ2v) is 6.99. The van der Waals surface area contributed by atoms with Gasteiger partial charge in [-0.05, 0) is 37.5 Å². The smallest absolute Gasteiger partial charge is 0.310 e. The summed E-state index contributed by atoms with van der Waals surface area (Å²) in [6.07, 6.45) is 2.61. The third-order valence-corrected chi connectivity index (χ3v) is 5.07. The summed E-state index contributed by atoms with van der Waals surface area (Å²) < 4.78 is 5.52. The van der Waals surface area contributed by atoms with Gasteiger partial charge < -0.3 is 4.74 Å². The first-order valence-corrected chi connectivity index (χ1v) is 8.56. The fourth-order valence-corrected chi connectivity index (χ4v) is 3.73. The molecule has 0 saturated carbocycles. The summed E-state index contributed by atoms with van der Waals surface area (Å²) in [4.78, 5) is 13.2. The van der Waals surface area contributed by atoms with E-state index < -0.39 is 0 Å². The maximum atomic E-state index is 12.0. The molecule has 0 bridgehead atoms. The Kier molecular flexibility index (Phi) is 4.84. The Labute approximate surface area is 135 Å². The number of aryl methyl sites for hydroxylation is 2. The molecule has 0 radical (unpaired) electrons. The van der Waals surface area contributed by atoms with Gasteiger partial charge in [-0.3, -0.25) is 4.79 Å². The van der Waals surface area contributed by atoms with Crippen LogP contribution in [0.2, 0.25) is 0 Å². The summed E-state index contributed by atoms with van der Waals surface area (Å²) in [5.41, 5.74) is 2.48. The average molecular weight is 312 g/mol. The normalized spacial score (nSPS) is 20.9. The predicted molar refractivity (Wildman–Crippen MR) is 89.8 cm³/mol. The lowest BCUT2D eigenvalue weighted by atomic mass is 9.98. The van der Waals surface area contributed by atoms with Gasteiger partial charge in [0.25, 0.3) is 0 Å². The molecule has 2 aromatic carbocycles. The van der Waals surface area contributed by atoms with Crippen molar-refractivity contribution in [2.45, 2.75) is 36.5 Å². The zero-order valence-electron chi connectivity index (χ0n) is 12.7. The van der Waals surface area contributed by atoms with Crippen molar-refractivity contribution in [3.63, 3.8) is 0 Å². The quantitative estimate of drug-likeness (QED) is 0.754. The maximum Gasteiger partial charge on any atom is 0.310 e. The number of thioether (sulfide) groups is 1. The largest absolute Gasteiger partial charge is 0.451 e. The van der Waals surface area contributed by atoms with E-state index in [9.17, 15) is 4.79 Å². The van der Waals surface area contributed by atoms with Gasteiger partial charge in [0.05, 0.1) is 5.92 Å². The molecule has 1 fully saturated rings.